The minimum atomic E-state index is -0.578. The van der Waals surface area contributed by atoms with Crippen molar-refractivity contribution < 1.29 is 23.9 Å². The number of hydrogen-bond donors (Lipinski definition) is 1. The first-order chi connectivity index (χ1) is 10.2. The number of rotatable bonds is 5. The van der Waals surface area contributed by atoms with E-state index in [9.17, 15) is 14.4 Å². The van der Waals surface area contributed by atoms with Crippen LogP contribution in [-0.4, -0.2) is 30.1 Å². The van der Waals surface area contributed by atoms with Gasteiger partial charge in [0, 0.05) is 5.69 Å². The fourth-order valence-corrected chi connectivity index (χ4v) is 1.57. The highest BCUT2D eigenvalue weighted by molar-refractivity contribution is 6.02. The van der Waals surface area contributed by atoms with Crippen LogP contribution in [0, 0.1) is 0 Å². The maximum atomic E-state index is 11.8. The molecule has 1 N–H and O–H groups in total. The maximum absolute atomic E-state index is 11.8. The molecule has 0 bridgehead atoms. The van der Waals surface area contributed by atoms with Gasteiger partial charge in [-0.15, -0.1) is 0 Å². The summed E-state index contributed by atoms with van der Waals surface area (Å²) in [5.74, 6) is -1.48. The van der Waals surface area contributed by atoms with E-state index in [1.54, 1.807) is 52.0 Å². The summed E-state index contributed by atoms with van der Waals surface area (Å²) < 4.78 is 9.92. The van der Waals surface area contributed by atoms with Gasteiger partial charge in [0.25, 0.3) is 0 Å². The fraction of sp³-hybridized carbons (Fsp3) is 0.438. The molecule has 0 unspecified atom stereocenters. The molecule has 0 aliphatic heterocycles. The van der Waals surface area contributed by atoms with Gasteiger partial charge >= 0.3 is 11.9 Å². The number of nitrogens with one attached hydrogen (secondary N) is 1. The predicted molar refractivity (Wildman–Crippen MR) is 81.5 cm³/mol. The Morgan fingerprint density at radius 1 is 1.09 bits per heavy atom. The van der Waals surface area contributed by atoms with Gasteiger partial charge in [0.2, 0.25) is 5.91 Å². The summed E-state index contributed by atoms with van der Waals surface area (Å²) in [6.07, 6.45) is -0.346. The smallest absolute Gasteiger partial charge is 0.338 e. The third-order valence-electron chi connectivity index (χ3n) is 2.41. The van der Waals surface area contributed by atoms with Crippen molar-refractivity contribution in [2.75, 3.05) is 11.9 Å². The number of ether oxygens (including phenoxy) is 2. The lowest BCUT2D eigenvalue weighted by atomic mass is 10.1. The number of esters is 2. The molecule has 6 nitrogen and oxygen atoms in total. The topological polar surface area (TPSA) is 81.7 Å². The monoisotopic (exact) mass is 307 g/mol. The number of anilines is 1. The van der Waals surface area contributed by atoms with E-state index in [1.807, 2.05) is 0 Å². The van der Waals surface area contributed by atoms with Crippen molar-refractivity contribution in [1.29, 1.82) is 0 Å². The van der Waals surface area contributed by atoms with Gasteiger partial charge in [0.15, 0.2) is 0 Å². The Balaban J connectivity index is 2.60. The van der Waals surface area contributed by atoms with Crippen LogP contribution in [-0.2, 0) is 19.1 Å². The summed E-state index contributed by atoms with van der Waals surface area (Å²) in [6.45, 7) is 7.26. The average Bonchev–Trinajstić information content (AvgIpc) is 2.37. The van der Waals surface area contributed by atoms with Gasteiger partial charge in [-0.1, -0.05) is 0 Å². The largest absolute Gasteiger partial charge is 0.466 e. The molecule has 1 aromatic carbocycles. The quantitative estimate of drug-likeness (QED) is 0.667. The van der Waals surface area contributed by atoms with Crippen molar-refractivity contribution in [3.63, 3.8) is 0 Å². The summed E-state index contributed by atoms with van der Waals surface area (Å²) >= 11 is 0. The molecule has 1 rings (SSSR count). The second-order valence-electron chi connectivity index (χ2n) is 5.61. The van der Waals surface area contributed by atoms with Crippen LogP contribution in [0.5, 0.6) is 0 Å². The first-order valence-electron chi connectivity index (χ1n) is 7.00. The zero-order valence-electron chi connectivity index (χ0n) is 13.3. The van der Waals surface area contributed by atoms with Crippen LogP contribution in [0.2, 0.25) is 0 Å². The Labute approximate surface area is 129 Å². The van der Waals surface area contributed by atoms with Crippen LogP contribution in [0.3, 0.4) is 0 Å². The maximum Gasteiger partial charge on any atom is 0.338 e. The van der Waals surface area contributed by atoms with Crippen molar-refractivity contribution in [2.24, 2.45) is 0 Å². The Kier molecular flexibility index (Phi) is 6.10. The summed E-state index contributed by atoms with van der Waals surface area (Å²) in [6, 6.07) is 6.24. The first-order valence-corrected chi connectivity index (χ1v) is 7.00. The second-order valence-corrected chi connectivity index (χ2v) is 5.61. The van der Waals surface area contributed by atoms with Gasteiger partial charge in [0.05, 0.1) is 12.2 Å². The Morgan fingerprint density at radius 3 is 2.18 bits per heavy atom. The zero-order valence-corrected chi connectivity index (χ0v) is 13.3. The molecule has 0 saturated heterocycles. The molecule has 120 valence electrons. The number of amides is 1. The minimum Gasteiger partial charge on any atom is -0.466 e. The van der Waals surface area contributed by atoms with E-state index in [-0.39, 0.29) is 13.0 Å². The molecule has 22 heavy (non-hydrogen) atoms. The molecule has 0 spiro atoms. The average molecular weight is 307 g/mol. The van der Waals surface area contributed by atoms with Crippen LogP contribution in [0.15, 0.2) is 24.3 Å². The molecule has 0 saturated carbocycles. The molecule has 0 fully saturated rings. The molecule has 0 radical (unpaired) electrons. The van der Waals surface area contributed by atoms with Gasteiger partial charge in [0.1, 0.15) is 12.0 Å². The lowest BCUT2D eigenvalue weighted by Crippen LogP contribution is -2.23. The normalized spacial score (nSPS) is 10.7. The van der Waals surface area contributed by atoms with Crippen LogP contribution >= 0.6 is 0 Å². The molecule has 1 aromatic rings. The highest BCUT2D eigenvalue weighted by atomic mass is 16.6. The SMILES string of the molecule is CCOC(=O)CC(=O)Nc1ccc(C(=O)OC(C)(C)C)cc1. The van der Waals surface area contributed by atoms with Gasteiger partial charge in [-0.2, -0.15) is 0 Å². The molecule has 0 aromatic heterocycles. The number of carbonyl (C=O) groups excluding carboxylic acids is 3. The first kappa shape index (κ1) is 17.7. The minimum absolute atomic E-state index is 0.233. The lowest BCUT2D eigenvalue weighted by Gasteiger charge is -2.19. The number of hydrogen-bond acceptors (Lipinski definition) is 5. The highest BCUT2D eigenvalue weighted by Crippen LogP contribution is 2.15. The summed E-state index contributed by atoms with van der Waals surface area (Å²) in [5.41, 5.74) is 0.309. The Bertz CT molecular complexity index is 543. The number of carbonyl (C=O) groups is 3. The molecular weight excluding hydrogens is 286 g/mol. The molecule has 0 aliphatic carbocycles. The lowest BCUT2D eigenvalue weighted by molar-refractivity contribution is -0.145. The molecule has 0 atom stereocenters. The second kappa shape index (κ2) is 7.59. The Morgan fingerprint density at radius 2 is 1.68 bits per heavy atom. The van der Waals surface area contributed by atoms with Gasteiger partial charge in [-0.25, -0.2) is 4.79 Å². The molecule has 6 heteroatoms. The van der Waals surface area contributed by atoms with Gasteiger partial charge in [-0.3, -0.25) is 9.59 Å². The fourth-order valence-electron chi connectivity index (χ4n) is 1.57. The number of benzene rings is 1. The van der Waals surface area contributed by atoms with Crippen molar-refractivity contribution in [3.8, 4) is 0 Å². The van der Waals surface area contributed by atoms with Crippen LogP contribution in [0.1, 0.15) is 44.5 Å². The third-order valence-corrected chi connectivity index (χ3v) is 2.41. The van der Waals surface area contributed by atoms with Crippen molar-refractivity contribution in [3.05, 3.63) is 29.8 Å². The molecule has 1 amide bonds. The molecule has 0 aliphatic rings. The van der Waals surface area contributed by atoms with E-state index in [1.165, 1.54) is 0 Å². The van der Waals surface area contributed by atoms with Crippen molar-refractivity contribution in [1.82, 2.24) is 0 Å². The summed E-state index contributed by atoms with van der Waals surface area (Å²) in [4.78, 5) is 34.6. The standard InChI is InChI=1S/C16H21NO5/c1-5-21-14(19)10-13(18)17-12-8-6-11(7-9-12)15(20)22-16(2,3)4/h6-9H,5,10H2,1-4H3,(H,17,18). The Hall–Kier alpha value is -2.37. The van der Waals surface area contributed by atoms with Gasteiger partial charge in [-0.05, 0) is 52.0 Å². The third kappa shape index (κ3) is 6.39. The van der Waals surface area contributed by atoms with E-state index < -0.39 is 23.4 Å². The van der Waals surface area contributed by atoms with E-state index in [0.29, 0.717) is 11.3 Å². The van der Waals surface area contributed by atoms with Gasteiger partial charge < -0.3 is 14.8 Å². The van der Waals surface area contributed by atoms with Crippen LogP contribution < -0.4 is 5.32 Å². The van der Waals surface area contributed by atoms with E-state index >= 15 is 0 Å². The predicted octanol–water partition coefficient (Wildman–Crippen LogP) is 2.53. The van der Waals surface area contributed by atoms with E-state index in [2.05, 4.69) is 10.1 Å². The van der Waals surface area contributed by atoms with Crippen molar-refractivity contribution >= 4 is 23.5 Å². The zero-order chi connectivity index (χ0) is 16.8. The highest BCUT2D eigenvalue weighted by Gasteiger charge is 2.18. The molecule has 0 heterocycles. The summed E-state index contributed by atoms with van der Waals surface area (Å²) in [7, 11) is 0. The van der Waals surface area contributed by atoms with Crippen LogP contribution in [0.25, 0.3) is 0 Å². The van der Waals surface area contributed by atoms with E-state index in [0.717, 1.165) is 0 Å². The van der Waals surface area contributed by atoms with Crippen molar-refractivity contribution in [2.45, 2.75) is 39.7 Å². The molecular formula is C16H21NO5. The van der Waals surface area contributed by atoms with Crippen LogP contribution in [0.4, 0.5) is 5.69 Å². The summed E-state index contributed by atoms with van der Waals surface area (Å²) in [5, 5.41) is 2.55. The van der Waals surface area contributed by atoms with E-state index in [4.69, 9.17) is 4.74 Å².